The zero-order valence-corrected chi connectivity index (χ0v) is 18.1. The first-order chi connectivity index (χ1) is 14.6. The molecule has 0 radical (unpaired) electrons. The van der Waals surface area contributed by atoms with E-state index >= 15 is 0 Å². The molecule has 0 bridgehead atoms. The molecule has 0 aliphatic carbocycles. The zero-order valence-electron chi connectivity index (χ0n) is 18.1. The lowest BCUT2D eigenvalue weighted by Crippen LogP contribution is -2.33. The van der Waals surface area contributed by atoms with E-state index in [0.29, 0.717) is 5.92 Å². The molecule has 30 heavy (non-hydrogen) atoms. The van der Waals surface area contributed by atoms with Crippen molar-refractivity contribution in [3.05, 3.63) is 96.2 Å². The molecule has 2 nitrogen and oxygen atoms in total. The largest absolute Gasteiger partial charge is 0.287 e. The molecule has 0 spiro atoms. The van der Waals surface area contributed by atoms with E-state index in [1.54, 1.807) is 0 Å². The summed E-state index contributed by atoms with van der Waals surface area (Å²) < 4.78 is 4.66. The van der Waals surface area contributed by atoms with Crippen molar-refractivity contribution in [3.63, 3.8) is 0 Å². The van der Waals surface area contributed by atoms with Gasteiger partial charge in [0.1, 0.15) is 11.0 Å². The minimum Gasteiger partial charge on any atom is -0.237 e. The second-order valence-electron chi connectivity index (χ2n) is 8.43. The highest BCUT2D eigenvalue weighted by Crippen LogP contribution is 2.36. The Kier molecular flexibility index (Phi) is 4.43. The molecule has 0 aliphatic rings. The van der Waals surface area contributed by atoms with Crippen molar-refractivity contribution in [2.45, 2.75) is 26.7 Å². The molecule has 148 valence electrons. The van der Waals surface area contributed by atoms with Crippen LogP contribution < -0.4 is 4.57 Å². The number of aryl methyl sites for hydroxylation is 2. The van der Waals surface area contributed by atoms with Gasteiger partial charge in [0.2, 0.25) is 0 Å². The summed E-state index contributed by atoms with van der Waals surface area (Å²) in [5.74, 6) is 1.66. The summed E-state index contributed by atoms with van der Waals surface area (Å²) >= 11 is 0. The molecule has 0 N–H and O–H groups in total. The average molecular weight is 392 g/mol. The molecule has 0 fully saturated rings. The van der Waals surface area contributed by atoms with Crippen LogP contribution in [-0.4, -0.2) is 4.57 Å². The quantitative estimate of drug-likeness (QED) is 0.302. The Morgan fingerprint density at radius 1 is 0.767 bits per heavy atom. The summed E-state index contributed by atoms with van der Waals surface area (Å²) in [5.41, 5.74) is 7.80. The third kappa shape index (κ3) is 2.83. The molecule has 2 heteroatoms. The number of benzene rings is 3. The second kappa shape index (κ2) is 7.14. The highest BCUT2D eigenvalue weighted by atomic mass is 15.1. The van der Waals surface area contributed by atoms with E-state index in [0.717, 1.165) is 0 Å². The highest BCUT2D eigenvalue weighted by molar-refractivity contribution is 6.10. The van der Waals surface area contributed by atoms with Gasteiger partial charge < -0.3 is 0 Å². The molecule has 0 saturated heterocycles. The van der Waals surface area contributed by atoms with Gasteiger partial charge in [-0.2, -0.15) is 4.57 Å². The van der Waals surface area contributed by atoms with Crippen LogP contribution in [0.15, 0.2) is 85.1 Å². The van der Waals surface area contributed by atoms with E-state index in [-0.39, 0.29) is 0 Å². The zero-order chi connectivity index (χ0) is 20.8. The average Bonchev–Trinajstić information content (AvgIpc) is 3.10. The first kappa shape index (κ1) is 18.6. The van der Waals surface area contributed by atoms with E-state index in [2.05, 4.69) is 122 Å². The van der Waals surface area contributed by atoms with Gasteiger partial charge in [0.15, 0.2) is 0 Å². The van der Waals surface area contributed by atoms with E-state index in [4.69, 9.17) is 0 Å². The van der Waals surface area contributed by atoms with E-state index in [1.165, 1.54) is 49.9 Å². The number of nitrogens with zero attached hydrogens (tertiary/aromatic N) is 2. The maximum absolute atomic E-state index is 2.44. The number of fused-ring (bicyclic) bond motifs is 3. The molecule has 0 atom stereocenters. The van der Waals surface area contributed by atoms with Gasteiger partial charge in [-0.1, -0.05) is 62.4 Å². The Morgan fingerprint density at radius 3 is 2.27 bits per heavy atom. The first-order valence-electron chi connectivity index (χ1n) is 10.6. The minimum absolute atomic E-state index is 0.491. The standard InChI is InChI=1S/C28H27N2/c1-19(2)23-14-15-25-24-12-8-9-13-26(24)30(28(25)20(23)3)27-18-22(16-17-29(27)4)21-10-6-5-7-11-21/h5-19H,1-4H3/q+1. The molecular formula is C28H27N2+. The van der Waals surface area contributed by atoms with Gasteiger partial charge in [-0.25, -0.2) is 4.57 Å². The van der Waals surface area contributed by atoms with Crippen LogP contribution in [0.4, 0.5) is 0 Å². The Morgan fingerprint density at radius 2 is 1.50 bits per heavy atom. The summed E-state index contributed by atoms with van der Waals surface area (Å²) in [6.07, 6.45) is 2.17. The summed E-state index contributed by atoms with van der Waals surface area (Å²) in [6, 6.07) is 28.5. The fourth-order valence-electron chi connectivity index (χ4n) is 4.69. The van der Waals surface area contributed by atoms with Crippen LogP contribution in [0.2, 0.25) is 0 Å². The SMILES string of the molecule is Cc1c(C(C)C)ccc2c3ccccc3n(-c3cc(-c4ccccc4)cc[n+]3C)c12. The third-order valence-corrected chi connectivity index (χ3v) is 6.21. The Labute approximate surface area is 178 Å². The van der Waals surface area contributed by atoms with Crippen molar-refractivity contribution in [2.24, 2.45) is 7.05 Å². The fraction of sp³-hybridized carbons (Fsp3) is 0.179. The highest BCUT2D eigenvalue weighted by Gasteiger charge is 2.24. The van der Waals surface area contributed by atoms with Crippen LogP contribution >= 0.6 is 0 Å². The van der Waals surface area contributed by atoms with Crippen LogP contribution in [0, 0.1) is 6.92 Å². The number of rotatable bonds is 3. The van der Waals surface area contributed by atoms with Gasteiger partial charge in [-0.05, 0) is 53.8 Å². The van der Waals surface area contributed by atoms with Gasteiger partial charge in [0, 0.05) is 22.4 Å². The molecule has 0 saturated carbocycles. The lowest BCUT2D eigenvalue weighted by atomic mass is 9.95. The van der Waals surface area contributed by atoms with Gasteiger partial charge in [-0.15, -0.1) is 0 Å². The molecule has 0 amide bonds. The normalized spacial score (nSPS) is 11.6. The van der Waals surface area contributed by atoms with Crippen LogP contribution in [-0.2, 0) is 7.05 Å². The molecule has 3 aromatic carbocycles. The second-order valence-corrected chi connectivity index (χ2v) is 8.43. The molecule has 2 heterocycles. The summed E-state index contributed by atoms with van der Waals surface area (Å²) in [5, 5.41) is 2.62. The van der Waals surface area contributed by atoms with Crippen molar-refractivity contribution in [1.29, 1.82) is 0 Å². The molecule has 5 aromatic rings. The topological polar surface area (TPSA) is 8.81 Å². The number of pyridine rings is 1. The predicted molar refractivity (Wildman–Crippen MR) is 126 cm³/mol. The van der Waals surface area contributed by atoms with E-state index in [1.807, 2.05) is 0 Å². The number of hydrogen-bond acceptors (Lipinski definition) is 0. The summed E-state index contributed by atoms with van der Waals surface area (Å²) in [6.45, 7) is 6.82. The molecule has 0 unspecified atom stereocenters. The van der Waals surface area contributed by atoms with Gasteiger partial charge in [-0.3, -0.25) is 0 Å². The Hall–Kier alpha value is -3.39. The smallest absolute Gasteiger partial charge is 0.237 e. The molecular weight excluding hydrogens is 364 g/mol. The maximum atomic E-state index is 2.44. The number of aromatic nitrogens is 2. The first-order valence-corrected chi connectivity index (χ1v) is 10.6. The van der Waals surface area contributed by atoms with Crippen LogP contribution in [0.1, 0.15) is 30.9 Å². The lowest BCUT2D eigenvalue weighted by molar-refractivity contribution is -0.665. The van der Waals surface area contributed by atoms with Crippen molar-refractivity contribution >= 4 is 21.8 Å². The van der Waals surface area contributed by atoms with E-state index < -0.39 is 0 Å². The Balaban J connectivity index is 1.90. The van der Waals surface area contributed by atoms with Gasteiger partial charge in [0.05, 0.1) is 13.2 Å². The van der Waals surface area contributed by atoms with Gasteiger partial charge in [0.25, 0.3) is 5.82 Å². The molecule has 0 aliphatic heterocycles. The van der Waals surface area contributed by atoms with Crippen molar-refractivity contribution in [1.82, 2.24) is 4.57 Å². The predicted octanol–water partition coefficient (Wildman–Crippen LogP) is 6.71. The molecule has 5 rings (SSSR count). The summed E-state index contributed by atoms with van der Waals surface area (Å²) in [7, 11) is 2.13. The van der Waals surface area contributed by atoms with Crippen LogP contribution in [0.3, 0.4) is 0 Å². The number of hydrogen-bond donors (Lipinski definition) is 0. The van der Waals surface area contributed by atoms with Crippen molar-refractivity contribution < 1.29 is 4.57 Å². The fourth-order valence-corrected chi connectivity index (χ4v) is 4.69. The Bertz CT molecular complexity index is 1370. The summed E-state index contributed by atoms with van der Waals surface area (Å²) in [4.78, 5) is 0. The van der Waals surface area contributed by atoms with Crippen LogP contribution in [0.5, 0.6) is 0 Å². The number of para-hydroxylation sites is 1. The minimum atomic E-state index is 0.491. The van der Waals surface area contributed by atoms with E-state index in [9.17, 15) is 0 Å². The maximum Gasteiger partial charge on any atom is 0.287 e. The third-order valence-electron chi connectivity index (χ3n) is 6.21. The van der Waals surface area contributed by atoms with Crippen molar-refractivity contribution in [2.75, 3.05) is 0 Å². The monoisotopic (exact) mass is 391 g/mol. The van der Waals surface area contributed by atoms with Crippen molar-refractivity contribution in [3.8, 4) is 16.9 Å². The van der Waals surface area contributed by atoms with Crippen LogP contribution in [0.25, 0.3) is 38.8 Å². The van der Waals surface area contributed by atoms with Gasteiger partial charge >= 0.3 is 0 Å². The molecule has 2 aromatic heterocycles. The lowest BCUT2D eigenvalue weighted by Gasteiger charge is -2.12.